The first-order valence-corrected chi connectivity index (χ1v) is 9.79. The molecule has 0 bridgehead atoms. The molecule has 8 heteroatoms. The van der Waals surface area contributed by atoms with Crippen molar-refractivity contribution >= 4 is 29.0 Å². The summed E-state index contributed by atoms with van der Waals surface area (Å²) in [6.07, 6.45) is 2.65. The van der Waals surface area contributed by atoms with Gasteiger partial charge in [0.15, 0.2) is 0 Å². The third kappa shape index (κ3) is 4.18. The van der Waals surface area contributed by atoms with Crippen molar-refractivity contribution in [2.45, 2.75) is 24.6 Å². The second-order valence-electron chi connectivity index (χ2n) is 5.60. The Morgan fingerprint density at radius 1 is 1.29 bits per heavy atom. The van der Waals surface area contributed by atoms with Crippen LogP contribution in [0.2, 0.25) is 0 Å². The zero-order valence-electron chi connectivity index (χ0n) is 13.1. The van der Waals surface area contributed by atoms with Crippen molar-refractivity contribution in [1.29, 1.82) is 0 Å². The molecule has 0 spiro atoms. The SMILES string of the molecule is O=C(CCn1ccc(=O)[nH]c1=O)N1CCSC(c2cccs2)CC1. The number of thioether (sulfide) groups is 1. The minimum Gasteiger partial charge on any atom is -0.342 e. The Bertz CT molecular complexity index is 797. The average Bonchev–Trinajstić information content (AvgIpc) is 2.98. The first-order chi connectivity index (χ1) is 11.6. The molecule has 0 saturated carbocycles. The van der Waals surface area contributed by atoms with Gasteiger partial charge in [0.2, 0.25) is 5.91 Å². The minimum atomic E-state index is -0.473. The summed E-state index contributed by atoms with van der Waals surface area (Å²) in [7, 11) is 0. The van der Waals surface area contributed by atoms with E-state index < -0.39 is 11.2 Å². The lowest BCUT2D eigenvalue weighted by atomic mass is 10.2. The monoisotopic (exact) mass is 365 g/mol. The molecule has 1 saturated heterocycles. The van der Waals surface area contributed by atoms with Crippen LogP contribution in [0.3, 0.4) is 0 Å². The van der Waals surface area contributed by atoms with Gasteiger partial charge in [-0.15, -0.1) is 11.3 Å². The molecular weight excluding hydrogens is 346 g/mol. The summed E-state index contributed by atoms with van der Waals surface area (Å²) < 4.78 is 1.36. The fraction of sp³-hybridized carbons (Fsp3) is 0.438. The zero-order chi connectivity index (χ0) is 16.9. The molecule has 6 nitrogen and oxygen atoms in total. The van der Waals surface area contributed by atoms with Crippen molar-refractivity contribution in [3.63, 3.8) is 0 Å². The van der Waals surface area contributed by atoms with Gasteiger partial charge >= 0.3 is 5.69 Å². The van der Waals surface area contributed by atoms with Crippen LogP contribution in [0.5, 0.6) is 0 Å². The Balaban J connectivity index is 1.55. The summed E-state index contributed by atoms with van der Waals surface area (Å²) in [4.78, 5) is 40.6. The third-order valence-electron chi connectivity index (χ3n) is 4.02. The van der Waals surface area contributed by atoms with E-state index in [1.807, 2.05) is 16.7 Å². The molecular formula is C16H19N3O3S2. The van der Waals surface area contributed by atoms with E-state index in [9.17, 15) is 14.4 Å². The summed E-state index contributed by atoms with van der Waals surface area (Å²) >= 11 is 3.67. The van der Waals surface area contributed by atoms with Crippen molar-refractivity contribution in [3.8, 4) is 0 Å². The highest BCUT2D eigenvalue weighted by atomic mass is 32.2. The molecule has 1 amide bonds. The molecule has 1 aliphatic heterocycles. The fourth-order valence-electron chi connectivity index (χ4n) is 2.72. The quantitative estimate of drug-likeness (QED) is 0.895. The van der Waals surface area contributed by atoms with Gasteiger partial charge in [0.1, 0.15) is 0 Å². The Morgan fingerprint density at radius 3 is 2.92 bits per heavy atom. The average molecular weight is 365 g/mol. The molecule has 24 heavy (non-hydrogen) atoms. The van der Waals surface area contributed by atoms with Crippen LogP contribution >= 0.6 is 23.1 Å². The predicted octanol–water partition coefficient (Wildman–Crippen LogP) is 1.69. The van der Waals surface area contributed by atoms with Crippen LogP contribution in [-0.2, 0) is 11.3 Å². The second kappa shape index (κ2) is 7.85. The molecule has 128 valence electrons. The van der Waals surface area contributed by atoms with Crippen molar-refractivity contribution in [2.24, 2.45) is 0 Å². The van der Waals surface area contributed by atoms with Crippen molar-refractivity contribution < 1.29 is 4.79 Å². The summed E-state index contributed by atoms with van der Waals surface area (Å²) in [6.45, 7) is 1.77. The summed E-state index contributed by atoms with van der Waals surface area (Å²) in [5, 5.41) is 2.55. The molecule has 1 N–H and O–H groups in total. The maximum absolute atomic E-state index is 12.4. The van der Waals surface area contributed by atoms with Crippen LogP contribution in [0.25, 0.3) is 0 Å². The Labute approximate surface area is 147 Å². The summed E-state index contributed by atoms with van der Waals surface area (Å²) in [5.41, 5.74) is -0.897. The van der Waals surface area contributed by atoms with Gasteiger partial charge in [-0.2, -0.15) is 11.8 Å². The largest absolute Gasteiger partial charge is 0.342 e. The van der Waals surface area contributed by atoms with Gasteiger partial charge in [0, 0.05) is 54.2 Å². The predicted molar refractivity (Wildman–Crippen MR) is 96.7 cm³/mol. The van der Waals surface area contributed by atoms with Gasteiger partial charge in [-0.05, 0) is 17.9 Å². The van der Waals surface area contributed by atoms with Crippen LogP contribution in [0, 0.1) is 0 Å². The number of aryl methyl sites for hydroxylation is 1. The van der Waals surface area contributed by atoms with Gasteiger partial charge in [0.05, 0.1) is 0 Å². The van der Waals surface area contributed by atoms with E-state index in [1.54, 1.807) is 11.3 Å². The molecule has 0 aliphatic carbocycles. The lowest BCUT2D eigenvalue weighted by molar-refractivity contribution is -0.131. The van der Waals surface area contributed by atoms with Crippen LogP contribution < -0.4 is 11.2 Å². The van der Waals surface area contributed by atoms with Gasteiger partial charge in [-0.25, -0.2) is 4.79 Å². The maximum atomic E-state index is 12.4. The van der Waals surface area contributed by atoms with Crippen LogP contribution in [0.1, 0.15) is 23.0 Å². The van der Waals surface area contributed by atoms with E-state index in [-0.39, 0.29) is 18.9 Å². The molecule has 0 radical (unpaired) electrons. The van der Waals surface area contributed by atoms with Crippen LogP contribution in [-0.4, -0.2) is 39.2 Å². The fourth-order valence-corrected chi connectivity index (χ4v) is 4.95. The lowest BCUT2D eigenvalue weighted by Gasteiger charge is -2.20. The number of aromatic amines is 1. The number of hydrogen-bond acceptors (Lipinski definition) is 5. The van der Waals surface area contributed by atoms with Gasteiger partial charge in [0.25, 0.3) is 5.56 Å². The van der Waals surface area contributed by atoms with Crippen LogP contribution in [0.4, 0.5) is 0 Å². The normalized spacial score (nSPS) is 18.3. The first-order valence-electron chi connectivity index (χ1n) is 7.86. The van der Waals surface area contributed by atoms with E-state index in [1.165, 1.54) is 21.7 Å². The smallest absolute Gasteiger partial charge is 0.328 e. The Kier molecular flexibility index (Phi) is 5.57. The highest BCUT2D eigenvalue weighted by Crippen LogP contribution is 2.36. The van der Waals surface area contributed by atoms with E-state index in [2.05, 4.69) is 22.5 Å². The van der Waals surface area contributed by atoms with Crippen LogP contribution in [0.15, 0.2) is 39.4 Å². The number of nitrogens with one attached hydrogen (secondary N) is 1. The number of H-pyrrole nitrogens is 1. The van der Waals surface area contributed by atoms with Gasteiger partial charge in [-0.3, -0.25) is 14.6 Å². The number of thiophene rings is 1. The number of amides is 1. The standard InChI is InChI=1S/C16H19N3O3S2/c20-14-4-7-19(16(22)17-14)8-5-15(21)18-6-3-13(24-11-9-18)12-2-1-10-23-12/h1-2,4,7,10,13H,3,5-6,8-9,11H2,(H,17,20,22). The molecule has 2 aromatic rings. The highest BCUT2D eigenvalue weighted by Gasteiger charge is 2.22. The number of nitrogens with zero attached hydrogens (tertiary/aromatic N) is 2. The zero-order valence-corrected chi connectivity index (χ0v) is 14.8. The summed E-state index contributed by atoms with van der Waals surface area (Å²) in [6, 6.07) is 5.51. The number of carbonyl (C=O) groups is 1. The van der Waals surface area contributed by atoms with E-state index in [0.717, 1.165) is 25.3 Å². The lowest BCUT2D eigenvalue weighted by Crippen LogP contribution is -2.35. The molecule has 3 heterocycles. The molecule has 0 aromatic carbocycles. The number of aromatic nitrogens is 2. The molecule has 1 fully saturated rings. The minimum absolute atomic E-state index is 0.0560. The third-order valence-corrected chi connectivity index (χ3v) is 6.46. The van der Waals surface area contributed by atoms with Crippen molar-refractivity contribution in [1.82, 2.24) is 14.5 Å². The topological polar surface area (TPSA) is 75.2 Å². The molecule has 1 atom stereocenters. The molecule has 2 aromatic heterocycles. The van der Waals surface area contributed by atoms with Gasteiger partial charge in [-0.1, -0.05) is 6.07 Å². The second-order valence-corrected chi connectivity index (χ2v) is 7.89. The number of carbonyl (C=O) groups excluding carboxylic acids is 1. The number of rotatable bonds is 4. The van der Waals surface area contributed by atoms with E-state index in [4.69, 9.17) is 0 Å². The number of hydrogen-bond donors (Lipinski definition) is 1. The highest BCUT2D eigenvalue weighted by molar-refractivity contribution is 7.99. The Hall–Kier alpha value is -1.80. The van der Waals surface area contributed by atoms with E-state index in [0.29, 0.717) is 5.25 Å². The molecule has 1 unspecified atom stereocenters. The molecule has 1 aliphatic rings. The van der Waals surface area contributed by atoms with Crippen molar-refractivity contribution in [2.75, 3.05) is 18.8 Å². The van der Waals surface area contributed by atoms with Gasteiger partial charge < -0.3 is 9.47 Å². The van der Waals surface area contributed by atoms with Crippen molar-refractivity contribution in [3.05, 3.63) is 55.5 Å². The summed E-state index contributed by atoms with van der Waals surface area (Å²) in [5.74, 6) is 0.980. The Morgan fingerprint density at radius 2 is 2.17 bits per heavy atom. The van der Waals surface area contributed by atoms with E-state index >= 15 is 0 Å². The first kappa shape index (κ1) is 17.0. The molecule has 3 rings (SSSR count). The maximum Gasteiger partial charge on any atom is 0.328 e.